The van der Waals surface area contributed by atoms with Gasteiger partial charge in [-0.05, 0) is 55.0 Å². The highest BCUT2D eigenvalue weighted by molar-refractivity contribution is 5.94. The predicted molar refractivity (Wildman–Crippen MR) is 117 cm³/mol. The Morgan fingerprint density at radius 2 is 1.82 bits per heavy atom. The lowest BCUT2D eigenvalue weighted by molar-refractivity contribution is -0.0512. The average molecular weight is 458 g/mol. The van der Waals surface area contributed by atoms with Gasteiger partial charge in [0.1, 0.15) is 11.5 Å². The van der Waals surface area contributed by atoms with Crippen LogP contribution in [0.5, 0.6) is 28.9 Å². The molecule has 33 heavy (non-hydrogen) atoms. The molecule has 1 N–H and O–H groups in total. The van der Waals surface area contributed by atoms with E-state index in [0.717, 1.165) is 12.2 Å². The van der Waals surface area contributed by atoms with Gasteiger partial charge < -0.3 is 24.3 Å². The zero-order chi connectivity index (χ0) is 23.6. The number of aromatic nitrogens is 1. The molecular formula is C24H24F2N2O5. The van der Waals surface area contributed by atoms with Crippen LogP contribution in [0.4, 0.5) is 8.78 Å². The van der Waals surface area contributed by atoms with Crippen molar-refractivity contribution in [2.75, 3.05) is 13.7 Å². The summed E-state index contributed by atoms with van der Waals surface area (Å²) in [4.78, 5) is 16.8. The first-order valence-electron chi connectivity index (χ1n) is 10.3. The molecule has 7 nitrogen and oxygen atoms in total. The summed E-state index contributed by atoms with van der Waals surface area (Å²) in [5, 5.41) is 2.73. The Hall–Kier alpha value is -3.88. The van der Waals surface area contributed by atoms with E-state index in [1.807, 2.05) is 6.92 Å². The van der Waals surface area contributed by atoms with Crippen molar-refractivity contribution in [2.45, 2.75) is 26.5 Å². The molecule has 174 valence electrons. The quantitative estimate of drug-likeness (QED) is 0.425. The van der Waals surface area contributed by atoms with Crippen molar-refractivity contribution < 1.29 is 32.5 Å². The number of ether oxygens (including phenoxy) is 4. The number of nitrogens with one attached hydrogen (secondary N) is 1. The van der Waals surface area contributed by atoms with Crippen LogP contribution in [-0.4, -0.2) is 31.2 Å². The van der Waals surface area contributed by atoms with E-state index in [0.29, 0.717) is 23.8 Å². The molecule has 0 saturated carbocycles. The van der Waals surface area contributed by atoms with Gasteiger partial charge in [-0.2, -0.15) is 8.78 Å². The summed E-state index contributed by atoms with van der Waals surface area (Å²) in [5.41, 5.74) is 0.773. The summed E-state index contributed by atoms with van der Waals surface area (Å²) in [6.07, 6.45) is 2.50. The molecule has 1 heterocycles. The van der Waals surface area contributed by atoms with Crippen LogP contribution in [0.15, 0.2) is 60.8 Å². The largest absolute Gasteiger partial charge is 0.494 e. The summed E-state index contributed by atoms with van der Waals surface area (Å²) in [6.45, 7) is -0.270. The molecule has 0 aliphatic carbocycles. The first kappa shape index (κ1) is 23.8. The SMILES string of the molecule is CCCOc1ccc(Oc2ncccc2CNC(=O)c2ccc(OC)c(OC(F)F)c2)cc1. The molecule has 1 amide bonds. The summed E-state index contributed by atoms with van der Waals surface area (Å²) in [7, 11) is 1.32. The number of alkyl halides is 2. The minimum Gasteiger partial charge on any atom is -0.494 e. The monoisotopic (exact) mass is 458 g/mol. The maximum atomic E-state index is 12.6. The Morgan fingerprint density at radius 1 is 1.06 bits per heavy atom. The summed E-state index contributed by atoms with van der Waals surface area (Å²) in [6, 6.07) is 14.7. The van der Waals surface area contributed by atoms with Crippen LogP contribution in [0.25, 0.3) is 0 Å². The molecular weight excluding hydrogens is 434 g/mol. The molecule has 3 rings (SSSR count). The van der Waals surface area contributed by atoms with E-state index in [9.17, 15) is 13.6 Å². The van der Waals surface area contributed by atoms with Crippen molar-refractivity contribution >= 4 is 5.91 Å². The van der Waals surface area contributed by atoms with E-state index in [4.69, 9.17) is 14.2 Å². The van der Waals surface area contributed by atoms with Crippen molar-refractivity contribution in [1.82, 2.24) is 10.3 Å². The van der Waals surface area contributed by atoms with Gasteiger partial charge in [0, 0.05) is 23.9 Å². The van der Waals surface area contributed by atoms with E-state index >= 15 is 0 Å². The molecule has 0 aliphatic rings. The average Bonchev–Trinajstić information content (AvgIpc) is 2.82. The highest BCUT2D eigenvalue weighted by atomic mass is 19.3. The summed E-state index contributed by atoms with van der Waals surface area (Å²) in [5.74, 6) is 1.03. The van der Waals surface area contributed by atoms with Crippen LogP contribution < -0.4 is 24.3 Å². The standard InChI is InChI=1S/C24H24F2N2O5/c1-3-13-31-18-7-9-19(10-8-18)32-23-17(5-4-12-27-23)15-28-22(29)16-6-11-20(30-2)21(14-16)33-24(25)26/h4-12,14,24H,3,13,15H2,1-2H3,(H,28,29). The van der Waals surface area contributed by atoms with E-state index in [-0.39, 0.29) is 23.6 Å². The minimum absolute atomic E-state index is 0.0981. The van der Waals surface area contributed by atoms with Gasteiger partial charge in [-0.15, -0.1) is 0 Å². The molecule has 2 aromatic carbocycles. The maximum Gasteiger partial charge on any atom is 0.387 e. The zero-order valence-electron chi connectivity index (χ0n) is 18.2. The van der Waals surface area contributed by atoms with Gasteiger partial charge in [-0.1, -0.05) is 13.0 Å². The highest BCUT2D eigenvalue weighted by Crippen LogP contribution is 2.30. The Morgan fingerprint density at radius 3 is 2.52 bits per heavy atom. The maximum absolute atomic E-state index is 12.6. The molecule has 1 aromatic heterocycles. The van der Waals surface area contributed by atoms with Crippen molar-refractivity contribution in [3.8, 4) is 28.9 Å². The molecule has 3 aromatic rings. The first-order valence-corrected chi connectivity index (χ1v) is 10.3. The number of nitrogens with zero attached hydrogens (tertiary/aromatic N) is 1. The Labute approximate surface area is 190 Å². The molecule has 0 bridgehead atoms. The number of benzene rings is 2. The smallest absolute Gasteiger partial charge is 0.387 e. The Balaban J connectivity index is 1.67. The van der Waals surface area contributed by atoms with Crippen molar-refractivity contribution in [3.05, 3.63) is 71.9 Å². The van der Waals surface area contributed by atoms with Gasteiger partial charge in [0.05, 0.1) is 13.7 Å². The van der Waals surface area contributed by atoms with Crippen molar-refractivity contribution in [2.24, 2.45) is 0 Å². The van der Waals surface area contributed by atoms with Crippen molar-refractivity contribution in [3.63, 3.8) is 0 Å². The molecule has 0 radical (unpaired) electrons. The number of methoxy groups -OCH3 is 1. The Kier molecular flexibility index (Phi) is 8.40. The number of halogens is 2. The number of hydrogen-bond donors (Lipinski definition) is 1. The topological polar surface area (TPSA) is 78.9 Å². The Bertz CT molecular complexity index is 1060. The molecule has 0 unspecified atom stereocenters. The second-order valence-corrected chi connectivity index (χ2v) is 6.82. The predicted octanol–water partition coefficient (Wildman–Crippen LogP) is 5.20. The van der Waals surface area contributed by atoms with Crippen LogP contribution in [0.1, 0.15) is 29.3 Å². The van der Waals surface area contributed by atoms with E-state index in [1.54, 1.807) is 42.6 Å². The lowest BCUT2D eigenvalue weighted by Crippen LogP contribution is -2.23. The molecule has 9 heteroatoms. The van der Waals surface area contributed by atoms with E-state index in [2.05, 4.69) is 15.0 Å². The number of pyridine rings is 1. The number of rotatable bonds is 11. The normalized spacial score (nSPS) is 10.6. The third kappa shape index (κ3) is 6.80. The van der Waals surface area contributed by atoms with Gasteiger partial charge >= 0.3 is 6.61 Å². The zero-order valence-corrected chi connectivity index (χ0v) is 18.2. The third-order valence-corrected chi connectivity index (χ3v) is 4.44. The lowest BCUT2D eigenvalue weighted by atomic mass is 10.1. The number of carbonyl (C=O) groups is 1. The van der Waals surface area contributed by atoms with Crippen molar-refractivity contribution in [1.29, 1.82) is 0 Å². The summed E-state index contributed by atoms with van der Waals surface area (Å²) < 4.78 is 46.1. The van der Waals surface area contributed by atoms with Gasteiger partial charge in [0.25, 0.3) is 5.91 Å². The lowest BCUT2D eigenvalue weighted by Gasteiger charge is -2.13. The summed E-state index contributed by atoms with van der Waals surface area (Å²) >= 11 is 0. The highest BCUT2D eigenvalue weighted by Gasteiger charge is 2.15. The second-order valence-electron chi connectivity index (χ2n) is 6.82. The van der Waals surface area contributed by atoms with Gasteiger partial charge in [0.15, 0.2) is 11.5 Å². The van der Waals surface area contributed by atoms with Gasteiger partial charge in [0.2, 0.25) is 5.88 Å². The minimum atomic E-state index is -3.04. The fourth-order valence-corrected chi connectivity index (χ4v) is 2.87. The van der Waals surface area contributed by atoms with E-state index in [1.165, 1.54) is 25.3 Å². The first-order chi connectivity index (χ1) is 16.0. The molecule has 0 spiro atoms. The number of amides is 1. The third-order valence-electron chi connectivity index (χ3n) is 4.44. The fraction of sp³-hybridized carbons (Fsp3) is 0.250. The van der Waals surface area contributed by atoms with E-state index < -0.39 is 12.5 Å². The molecule has 0 fully saturated rings. The second kappa shape index (κ2) is 11.7. The van der Waals surface area contributed by atoms with Crippen LogP contribution in [0.2, 0.25) is 0 Å². The molecule has 0 atom stereocenters. The van der Waals surface area contributed by atoms with Crippen LogP contribution in [-0.2, 0) is 6.54 Å². The van der Waals surface area contributed by atoms with Gasteiger partial charge in [-0.25, -0.2) is 4.98 Å². The van der Waals surface area contributed by atoms with Crippen LogP contribution in [0.3, 0.4) is 0 Å². The molecule has 0 aliphatic heterocycles. The molecule has 0 saturated heterocycles. The number of carbonyl (C=O) groups excluding carboxylic acids is 1. The fourth-order valence-electron chi connectivity index (χ4n) is 2.87. The van der Waals surface area contributed by atoms with Gasteiger partial charge in [-0.3, -0.25) is 4.79 Å². The van der Waals surface area contributed by atoms with Crippen LogP contribution >= 0.6 is 0 Å². The van der Waals surface area contributed by atoms with Crippen LogP contribution in [0, 0.1) is 0 Å². The number of hydrogen-bond acceptors (Lipinski definition) is 6.